The number of nitrogens with two attached hydrogens (primary N) is 1. The van der Waals surface area contributed by atoms with Crippen LogP contribution in [0.1, 0.15) is 10.4 Å². The molecule has 3 N–H and O–H groups in total. The number of methoxy groups -OCH3 is 1. The van der Waals surface area contributed by atoms with Crippen molar-refractivity contribution in [2.24, 2.45) is 5.84 Å². The number of hydrazine groups is 1. The van der Waals surface area contributed by atoms with Crippen LogP contribution in [0.25, 0.3) is 0 Å². The normalized spacial score (nSPS) is 9.46. The van der Waals surface area contributed by atoms with Crippen molar-refractivity contribution in [3.63, 3.8) is 0 Å². The van der Waals surface area contributed by atoms with Gasteiger partial charge < -0.3 is 10.2 Å². The molecule has 0 saturated carbocycles. The molecule has 13 heavy (non-hydrogen) atoms. The summed E-state index contributed by atoms with van der Waals surface area (Å²) in [4.78, 5) is 11.6. The highest BCUT2D eigenvalue weighted by Gasteiger charge is 2.09. The fourth-order valence-electron chi connectivity index (χ4n) is 0.904. The summed E-state index contributed by atoms with van der Waals surface area (Å²) in [6.07, 6.45) is 0. The lowest BCUT2D eigenvalue weighted by Gasteiger charge is -2.05. The molecule has 1 aromatic rings. The summed E-state index contributed by atoms with van der Waals surface area (Å²) in [6, 6.07) is 4.92. The number of nitrogens with one attached hydrogen (secondary N) is 1. The van der Waals surface area contributed by atoms with Gasteiger partial charge in [0.15, 0.2) is 0 Å². The number of hydrogen-bond acceptors (Lipinski definition) is 5. The highest BCUT2D eigenvalue weighted by Crippen LogP contribution is 2.19. The second-order valence-corrected chi connectivity index (χ2v) is 2.85. The molecule has 0 unspecified atom stereocenters. The Kier molecular flexibility index (Phi) is 3.16. The Hall–Kier alpha value is -1.20. The number of thiol groups is 1. The number of nitrogen functional groups attached to an aromatic ring is 1. The van der Waals surface area contributed by atoms with E-state index in [9.17, 15) is 4.79 Å². The summed E-state index contributed by atoms with van der Waals surface area (Å²) in [5.74, 6) is 4.77. The van der Waals surface area contributed by atoms with Gasteiger partial charge in [-0.1, -0.05) is 0 Å². The monoisotopic (exact) mass is 198 g/mol. The molecular weight excluding hydrogens is 188 g/mol. The molecule has 0 fully saturated rings. The summed E-state index contributed by atoms with van der Waals surface area (Å²) in [5, 5.41) is 0. The van der Waals surface area contributed by atoms with E-state index >= 15 is 0 Å². The zero-order chi connectivity index (χ0) is 9.84. The van der Waals surface area contributed by atoms with Crippen LogP contribution in [0.2, 0.25) is 0 Å². The SMILES string of the molecule is COC(=O)c1ccc(NN)cc1S. The quantitative estimate of drug-likeness (QED) is 0.287. The molecule has 1 aromatic carbocycles. The number of ether oxygens (including phenoxy) is 1. The van der Waals surface area contributed by atoms with Crippen LogP contribution in [0.15, 0.2) is 23.1 Å². The number of carbonyl (C=O) groups excluding carboxylic acids is 1. The van der Waals surface area contributed by atoms with Crippen LogP contribution in [-0.4, -0.2) is 13.1 Å². The summed E-state index contributed by atoms with van der Waals surface area (Å²) >= 11 is 4.12. The summed E-state index contributed by atoms with van der Waals surface area (Å²) < 4.78 is 4.55. The second kappa shape index (κ2) is 4.15. The van der Waals surface area contributed by atoms with Crippen LogP contribution in [0, 0.1) is 0 Å². The smallest absolute Gasteiger partial charge is 0.338 e. The van der Waals surface area contributed by atoms with Crippen molar-refractivity contribution >= 4 is 24.3 Å². The maximum Gasteiger partial charge on any atom is 0.338 e. The Balaban J connectivity index is 3.05. The molecule has 1 rings (SSSR count). The number of rotatable bonds is 2. The second-order valence-electron chi connectivity index (χ2n) is 2.37. The van der Waals surface area contributed by atoms with Gasteiger partial charge in [0.1, 0.15) is 0 Å². The molecule has 0 atom stereocenters. The minimum atomic E-state index is -0.409. The highest BCUT2D eigenvalue weighted by molar-refractivity contribution is 7.80. The standard InChI is InChI=1S/C8H10N2O2S/c1-12-8(11)6-3-2-5(10-9)4-7(6)13/h2-4,10,13H,9H2,1H3. The van der Waals surface area contributed by atoms with Gasteiger partial charge in [-0.25, -0.2) is 4.79 Å². The molecule has 0 aliphatic carbocycles. The van der Waals surface area contributed by atoms with Gasteiger partial charge in [-0.2, -0.15) is 0 Å². The molecule has 0 heterocycles. The molecule has 0 aliphatic heterocycles. The minimum Gasteiger partial charge on any atom is -0.465 e. The minimum absolute atomic E-state index is 0.409. The van der Waals surface area contributed by atoms with Crippen LogP contribution in [0.5, 0.6) is 0 Å². The van der Waals surface area contributed by atoms with Crippen molar-refractivity contribution in [2.75, 3.05) is 12.5 Å². The Morgan fingerprint density at radius 2 is 2.31 bits per heavy atom. The third-order valence-corrected chi connectivity index (χ3v) is 1.94. The van der Waals surface area contributed by atoms with E-state index in [-0.39, 0.29) is 0 Å². The zero-order valence-corrected chi connectivity index (χ0v) is 7.97. The first-order valence-electron chi connectivity index (χ1n) is 3.57. The molecule has 4 nitrogen and oxygen atoms in total. The van der Waals surface area contributed by atoms with Crippen molar-refractivity contribution in [3.05, 3.63) is 23.8 Å². The van der Waals surface area contributed by atoms with Gasteiger partial charge in [0, 0.05) is 10.6 Å². The Morgan fingerprint density at radius 1 is 1.62 bits per heavy atom. The van der Waals surface area contributed by atoms with E-state index in [1.165, 1.54) is 7.11 Å². The Morgan fingerprint density at radius 3 is 2.77 bits per heavy atom. The fourth-order valence-corrected chi connectivity index (χ4v) is 1.21. The Labute approximate surface area is 81.5 Å². The highest BCUT2D eigenvalue weighted by atomic mass is 32.1. The van der Waals surface area contributed by atoms with Gasteiger partial charge in [-0.3, -0.25) is 5.84 Å². The van der Waals surface area contributed by atoms with Crippen molar-refractivity contribution in [3.8, 4) is 0 Å². The molecule has 0 bridgehead atoms. The topological polar surface area (TPSA) is 64.3 Å². The van der Waals surface area contributed by atoms with E-state index in [0.29, 0.717) is 16.1 Å². The maximum absolute atomic E-state index is 11.1. The van der Waals surface area contributed by atoms with Crippen molar-refractivity contribution in [1.82, 2.24) is 0 Å². The van der Waals surface area contributed by atoms with E-state index in [2.05, 4.69) is 22.8 Å². The lowest BCUT2D eigenvalue weighted by molar-refractivity contribution is 0.0597. The van der Waals surface area contributed by atoms with Gasteiger partial charge in [0.25, 0.3) is 0 Å². The number of benzene rings is 1. The molecular formula is C8H10N2O2S. The van der Waals surface area contributed by atoms with Gasteiger partial charge in [-0.05, 0) is 18.2 Å². The van der Waals surface area contributed by atoms with E-state index in [0.717, 1.165) is 0 Å². The predicted octanol–water partition coefficient (Wildman–Crippen LogP) is 1.05. The molecule has 5 heteroatoms. The van der Waals surface area contributed by atoms with Gasteiger partial charge in [0.05, 0.1) is 12.7 Å². The fraction of sp³-hybridized carbons (Fsp3) is 0.125. The van der Waals surface area contributed by atoms with Gasteiger partial charge in [0.2, 0.25) is 0 Å². The third-order valence-electron chi connectivity index (χ3n) is 1.57. The number of carbonyl (C=O) groups is 1. The molecule has 0 saturated heterocycles. The van der Waals surface area contributed by atoms with E-state index in [1.807, 2.05) is 0 Å². The van der Waals surface area contributed by atoms with Crippen LogP contribution >= 0.6 is 12.6 Å². The first-order valence-corrected chi connectivity index (χ1v) is 4.01. The Bertz CT molecular complexity index is 328. The molecule has 0 aliphatic rings. The number of esters is 1. The molecule has 0 amide bonds. The van der Waals surface area contributed by atoms with Crippen molar-refractivity contribution in [1.29, 1.82) is 0 Å². The van der Waals surface area contributed by atoms with Crippen LogP contribution in [0.4, 0.5) is 5.69 Å². The van der Waals surface area contributed by atoms with Crippen LogP contribution < -0.4 is 11.3 Å². The lowest BCUT2D eigenvalue weighted by atomic mass is 10.2. The van der Waals surface area contributed by atoms with Gasteiger partial charge >= 0.3 is 5.97 Å². The van der Waals surface area contributed by atoms with E-state index in [4.69, 9.17) is 5.84 Å². The van der Waals surface area contributed by atoms with Crippen LogP contribution in [-0.2, 0) is 4.74 Å². The van der Waals surface area contributed by atoms with Crippen molar-refractivity contribution < 1.29 is 9.53 Å². The van der Waals surface area contributed by atoms with E-state index < -0.39 is 5.97 Å². The maximum atomic E-state index is 11.1. The number of anilines is 1. The molecule has 0 spiro atoms. The first kappa shape index (κ1) is 9.88. The molecule has 0 radical (unpaired) electrons. The average Bonchev–Trinajstić information content (AvgIpc) is 2.16. The van der Waals surface area contributed by atoms with Crippen LogP contribution in [0.3, 0.4) is 0 Å². The summed E-state index contributed by atoms with van der Waals surface area (Å²) in [7, 11) is 1.32. The number of hydrogen-bond donors (Lipinski definition) is 3. The van der Waals surface area contributed by atoms with Gasteiger partial charge in [-0.15, -0.1) is 12.6 Å². The first-order chi connectivity index (χ1) is 6.19. The summed E-state index contributed by atoms with van der Waals surface area (Å²) in [5.41, 5.74) is 3.56. The third kappa shape index (κ3) is 2.13. The molecule has 0 aromatic heterocycles. The van der Waals surface area contributed by atoms with E-state index in [1.54, 1.807) is 18.2 Å². The lowest BCUT2D eigenvalue weighted by Crippen LogP contribution is -2.08. The molecule has 70 valence electrons. The average molecular weight is 198 g/mol. The largest absolute Gasteiger partial charge is 0.465 e. The van der Waals surface area contributed by atoms with Crippen molar-refractivity contribution in [2.45, 2.75) is 4.90 Å². The predicted molar refractivity (Wildman–Crippen MR) is 52.8 cm³/mol. The zero-order valence-electron chi connectivity index (χ0n) is 7.07. The summed E-state index contributed by atoms with van der Waals surface area (Å²) in [6.45, 7) is 0.